The largest absolute Gasteiger partial charge is 0.366 e. The van der Waals surface area contributed by atoms with Crippen molar-refractivity contribution in [2.75, 3.05) is 11.4 Å². The van der Waals surface area contributed by atoms with Gasteiger partial charge in [-0.05, 0) is 37.0 Å². The average molecular weight is 311 g/mol. The third-order valence-electron chi connectivity index (χ3n) is 4.36. The molecule has 1 aromatic heterocycles. The minimum Gasteiger partial charge on any atom is -0.366 e. The number of aromatic nitrogens is 1. The molecule has 2 N–H and O–H groups in total. The first-order valence-electron chi connectivity index (χ1n) is 7.94. The first-order valence-corrected chi connectivity index (χ1v) is 7.94. The van der Waals surface area contributed by atoms with E-state index in [9.17, 15) is 9.59 Å². The van der Waals surface area contributed by atoms with E-state index in [2.05, 4.69) is 6.07 Å². The molecule has 0 aliphatic carbocycles. The molecule has 0 unspecified atom stereocenters. The van der Waals surface area contributed by atoms with Crippen LogP contribution in [0.1, 0.15) is 45.7 Å². The van der Waals surface area contributed by atoms with Gasteiger partial charge in [-0.1, -0.05) is 24.6 Å². The summed E-state index contributed by atoms with van der Waals surface area (Å²) in [6.07, 6.45) is 5.82. The van der Waals surface area contributed by atoms with Gasteiger partial charge in [0.05, 0.1) is 5.56 Å². The maximum Gasteiger partial charge on any atom is 0.274 e. The average Bonchev–Trinajstić information content (AvgIpc) is 2.90. The van der Waals surface area contributed by atoms with Gasteiger partial charge in [0.1, 0.15) is 5.69 Å². The number of carbonyl (C=O) groups excluding carboxylic acids is 2. The number of primary amides is 1. The molecule has 1 aromatic carbocycles. The number of para-hydroxylation sites is 1. The van der Waals surface area contributed by atoms with Crippen LogP contribution in [0.25, 0.3) is 0 Å². The zero-order chi connectivity index (χ0) is 16.4. The minimum atomic E-state index is -0.521. The van der Waals surface area contributed by atoms with Crippen molar-refractivity contribution in [2.24, 2.45) is 12.8 Å². The zero-order valence-electron chi connectivity index (χ0n) is 13.3. The summed E-state index contributed by atoms with van der Waals surface area (Å²) in [7, 11) is 1.76. The first-order chi connectivity index (χ1) is 11.1. The molecule has 3 rings (SSSR count). The van der Waals surface area contributed by atoms with Gasteiger partial charge in [0.2, 0.25) is 5.91 Å². The van der Waals surface area contributed by atoms with Crippen LogP contribution in [0.4, 0.5) is 5.69 Å². The third kappa shape index (κ3) is 2.99. The van der Waals surface area contributed by atoms with Crippen molar-refractivity contribution in [3.05, 3.63) is 53.3 Å². The van der Waals surface area contributed by atoms with Crippen molar-refractivity contribution in [3.8, 4) is 0 Å². The highest BCUT2D eigenvalue weighted by atomic mass is 16.2. The maximum atomic E-state index is 13.0. The van der Waals surface area contributed by atoms with Crippen LogP contribution < -0.4 is 10.6 Å². The van der Waals surface area contributed by atoms with Gasteiger partial charge in [0.25, 0.3) is 5.91 Å². The van der Waals surface area contributed by atoms with Crippen LogP contribution in [-0.4, -0.2) is 22.9 Å². The molecule has 23 heavy (non-hydrogen) atoms. The summed E-state index contributed by atoms with van der Waals surface area (Å²) in [6.45, 7) is 0.687. The lowest BCUT2D eigenvalue weighted by molar-refractivity contribution is 0.0977. The number of nitrogens with zero attached hydrogens (tertiary/aromatic N) is 2. The fraction of sp³-hybridized carbons (Fsp3) is 0.333. The number of amides is 2. The van der Waals surface area contributed by atoms with E-state index >= 15 is 0 Å². The van der Waals surface area contributed by atoms with E-state index in [-0.39, 0.29) is 5.91 Å². The second-order valence-electron chi connectivity index (χ2n) is 5.99. The molecule has 5 nitrogen and oxygen atoms in total. The molecule has 120 valence electrons. The van der Waals surface area contributed by atoms with Crippen LogP contribution in [0.2, 0.25) is 0 Å². The lowest BCUT2D eigenvalue weighted by Gasteiger charge is -2.27. The van der Waals surface area contributed by atoms with Gasteiger partial charge in [-0.15, -0.1) is 0 Å². The zero-order valence-corrected chi connectivity index (χ0v) is 13.3. The number of rotatable bonds is 2. The Hall–Kier alpha value is -2.56. The van der Waals surface area contributed by atoms with Gasteiger partial charge in [-0.3, -0.25) is 9.59 Å². The number of aryl methyl sites for hydroxylation is 2. The third-order valence-corrected chi connectivity index (χ3v) is 4.36. The number of nitrogens with two attached hydrogens (primary N) is 1. The SMILES string of the molecule is Cn1cc(C(N)=O)cc1C(=O)N1CCCCCc2ccccc21. The quantitative estimate of drug-likeness (QED) is 0.926. The van der Waals surface area contributed by atoms with Crippen molar-refractivity contribution < 1.29 is 9.59 Å². The lowest BCUT2D eigenvalue weighted by atomic mass is 10.0. The van der Waals surface area contributed by atoms with E-state index in [1.807, 2.05) is 23.1 Å². The lowest BCUT2D eigenvalue weighted by Crippen LogP contribution is -2.34. The molecule has 2 aromatic rings. The van der Waals surface area contributed by atoms with E-state index in [1.54, 1.807) is 23.9 Å². The fourth-order valence-electron chi connectivity index (χ4n) is 3.13. The predicted octanol–water partition coefficient (Wildman–Crippen LogP) is 2.50. The maximum absolute atomic E-state index is 13.0. The van der Waals surface area contributed by atoms with E-state index < -0.39 is 5.91 Å². The molecule has 2 heterocycles. The highest BCUT2D eigenvalue weighted by molar-refractivity contribution is 6.07. The van der Waals surface area contributed by atoms with Crippen molar-refractivity contribution in [3.63, 3.8) is 0 Å². The Bertz CT molecular complexity index is 748. The Morgan fingerprint density at radius 2 is 1.91 bits per heavy atom. The Morgan fingerprint density at radius 1 is 1.13 bits per heavy atom. The number of hydrogen-bond donors (Lipinski definition) is 1. The van der Waals surface area contributed by atoms with Crippen LogP contribution in [-0.2, 0) is 13.5 Å². The molecule has 0 saturated heterocycles. The smallest absolute Gasteiger partial charge is 0.274 e. The highest BCUT2D eigenvalue weighted by Gasteiger charge is 2.24. The molecular weight excluding hydrogens is 290 g/mol. The highest BCUT2D eigenvalue weighted by Crippen LogP contribution is 2.27. The van der Waals surface area contributed by atoms with Crippen molar-refractivity contribution in [1.82, 2.24) is 4.57 Å². The molecule has 0 bridgehead atoms. The molecule has 5 heteroatoms. The molecule has 0 spiro atoms. The molecular formula is C18H21N3O2. The number of benzene rings is 1. The molecule has 2 amide bonds. The monoisotopic (exact) mass is 311 g/mol. The predicted molar refractivity (Wildman–Crippen MR) is 89.6 cm³/mol. The van der Waals surface area contributed by atoms with Crippen molar-refractivity contribution >= 4 is 17.5 Å². The summed E-state index contributed by atoms with van der Waals surface area (Å²) in [4.78, 5) is 26.2. The summed E-state index contributed by atoms with van der Waals surface area (Å²) < 4.78 is 1.67. The second kappa shape index (κ2) is 6.28. The number of carbonyl (C=O) groups is 2. The second-order valence-corrected chi connectivity index (χ2v) is 5.99. The fourth-order valence-corrected chi connectivity index (χ4v) is 3.13. The van der Waals surface area contributed by atoms with Gasteiger partial charge in [-0.25, -0.2) is 0 Å². The van der Waals surface area contributed by atoms with E-state index in [0.29, 0.717) is 17.8 Å². The number of fused-ring (bicyclic) bond motifs is 1. The van der Waals surface area contributed by atoms with Crippen LogP contribution in [0, 0.1) is 0 Å². The Morgan fingerprint density at radius 3 is 2.65 bits per heavy atom. The molecule has 1 aliphatic heterocycles. The summed E-state index contributed by atoms with van der Waals surface area (Å²) >= 11 is 0. The summed E-state index contributed by atoms with van der Waals surface area (Å²) in [5.41, 5.74) is 8.33. The standard InChI is InChI=1S/C18H21N3O2/c1-20-12-14(17(19)22)11-16(20)18(23)21-10-6-2-3-7-13-8-4-5-9-15(13)21/h4-5,8-9,11-12H,2-3,6-7,10H2,1H3,(H2,19,22). The van der Waals surface area contributed by atoms with Crippen LogP contribution in [0.15, 0.2) is 36.5 Å². The molecule has 0 fully saturated rings. The van der Waals surface area contributed by atoms with Crippen LogP contribution in [0.3, 0.4) is 0 Å². The van der Waals surface area contributed by atoms with Gasteiger partial charge in [0, 0.05) is 25.5 Å². The van der Waals surface area contributed by atoms with E-state index in [0.717, 1.165) is 31.4 Å². The van der Waals surface area contributed by atoms with Crippen LogP contribution in [0.5, 0.6) is 0 Å². The van der Waals surface area contributed by atoms with Gasteiger partial charge in [0.15, 0.2) is 0 Å². The first kappa shape index (κ1) is 15.3. The Labute approximate surface area is 135 Å². The summed E-state index contributed by atoms with van der Waals surface area (Å²) in [5.74, 6) is -0.609. The van der Waals surface area contributed by atoms with E-state index in [1.165, 1.54) is 5.56 Å². The summed E-state index contributed by atoms with van der Waals surface area (Å²) in [6, 6.07) is 9.63. The topological polar surface area (TPSA) is 68.3 Å². The van der Waals surface area contributed by atoms with Crippen molar-refractivity contribution in [2.45, 2.75) is 25.7 Å². The van der Waals surface area contributed by atoms with Gasteiger partial charge in [-0.2, -0.15) is 0 Å². The Kier molecular flexibility index (Phi) is 4.19. The molecule has 1 aliphatic rings. The van der Waals surface area contributed by atoms with Gasteiger partial charge < -0.3 is 15.2 Å². The minimum absolute atomic E-state index is 0.0886. The molecule has 0 atom stereocenters. The van der Waals surface area contributed by atoms with Crippen LogP contribution >= 0.6 is 0 Å². The summed E-state index contributed by atoms with van der Waals surface area (Å²) in [5, 5.41) is 0. The molecule has 0 radical (unpaired) electrons. The number of hydrogen-bond acceptors (Lipinski definition) is 2. The normalized spacial score (nSPS) is 14.7. The van der Waals surface area contributed by atoms with Gasteiger partial charge >= 0.3 is 0 Å². The Balaban J connectivity index is 2.00. The van der Waals surface area contributed by atoms with Crippen molar-refractivity contribution in [1.29, 1.82) is 0 Å². The molecule has 0 saturated carbocycles. The number of anilines is 1. The van der Waals surface area contributed by atoms with E-state index in [4.69, 9.17) is 5.73 Å².